The maximum absolute atomic E-state index is 13.3. The molecular weight excluding hydrogens is 426 g/mol. The van der Waals surface area contributed by atoms with E-state index >= 15 is 0 Å². The lowest BCUT2D eigenvalue weighted by molar-refractivity contribution is -0.144. The van der Waals surface area contributed by atoms with Crippen LogP contribution in [-0.2, 0) is 23.9 Å². The van der Waals surface area contributed by atoms with E-state index in [9.17, 15) is 19.2 Å². The fraction of sp³-hybridized carbons (Fsp3) is 0.500. The van der Waals surface area contributed by atoms with E-state index < -0.39 is 41.6 Å². The average Bonchev–Trinajstić information content (AvgIpc) is 2.71. The van der Waals surface area contributed by atoms with Crippen LogP contribution in [0, 0.1) is 13.8 Å². The van der Waals surface area contributed by atoms with Gasteiger partial charge in [-0.3, -0.25) is 14.4 Å². The van der Waals surface area contributed by atoms with Gasteiger partial charge in [-0.2, -0.15) is 0 Å². The van der Waals surface area contributed by atoms with E-state index in [-0.39, 0.29) is 13.1 Å². The van der Waals surface area contributed by atoms with Crippen molar-refractivity contribution in [1.82, 2.24) is 15.5 Å². The molecule has 9 heteroatoms. The van der Waals surface area contributed by atoms with Gasteiger partial charge in [0.05, 0.1) is 7.11 Å². The minimum absolute atomic E-state index is 0.0302. The third-order valence-corrected chi connectivity index (χ3v) is 4.75. The monoisotopic (exact) mass is 461 g/mol. The van der Waals surface area contributed by atoms with Gasteiger partial charge in [0.25, 0.3) is 0 Å². The first kappa shape index (κ1) is 27.7. The highest BCUT2D eigenvalue weighted by molar-refractivity contribution is 5.93. The first-order valence-electron chi connectivity index (χ1n) is 10.6. The van der Waals surface area contributed by atoms with Crippen molar-refractivity contribution in [2.24, 2.45) is 0 Å². The second-order valence-corrected chi connectivity index (χ2v) is 8.69. The van der Waals surface area contributed by atoms with Gasteiger partial charge in [-0.25, -0.2) is 4.79 Å². The van der Waals surface area contributed by atoms with Crippen LogP contribution in [0.15, 0.2) is 30.9 Å². The molecule has 0 aromatic heterocycles. The van der Waals surface area contributed by atoms with Crippen molar-refractivity contribution in [3.63, 3.8) is 0 Å². The molecule has 0 aliphatic rings. The summed E-state index contributed by atoms with van der Waals surface area (Å²) in [6.07, 6.45) is 0.736. The van der Waals surface area contributed by atoms with E-state index in [0.717, 1.165) is 11.1 Å². The molecule has 33 heavy (non-hydrogen) atoms. The molecule has 3 amide bonds. The number of methoxy groups -OCH3 is 1. The van der Waals surface area contributed by atoms with Gasteiger partial charge >= 0.3 is 12.1 Å². The van der Waals surface area contributed by atoms with E-state index in [0.29, 0.717) is 5.56 Å². The molecule has 2 atom stereocenters. The van der Waals surface area contributed by atoms with E-state index in [1.54, 1.807) is 26.8 Å². The minimum atomic E-state index is -1.07. The smallest absolute Gasteiger partial charge is 0.408 e. The summed E-state index contributed by atoms with van der Waals surface area (Å²) < 4.78 is 9.81. The van der Waals surface area contributed by atoms with Gasteiger partial charge in [0.2, 0.25) is 11.8 Å². The van der Waals surface area contributed by atoms with Gasteiger partial charge in [0.1, 0.15) is 24.2 Å². The van der Waals surface area contributed by atoms with Crippen molar-refractivity contribution < 1.29 is 28.7 Å². The molecule has 2 unspecified atom stereocenters. The Morgan fingerprint density at radius 2 is 1.79 bits per heavy atom. The second-order valence-electron chi connectivity index (χ2n) is 8.69. The first-order chi connectivity index (χ1) is 15.3. The SMILES string of the molecule is C=CCN(C(=O)C(C)NC(=O)OC(C)(C)C)C(C(=O)NCC(=O)OC)c1ccc(C)c(C)c1. The van der Waals surface area contributed by atoms with Crippen molar-refractivity contribution >= 4 is 23.9 Å². The number of carbonyl (C=O) groups is 4. The van der Waals surface area contributed by atoms with Crippen LogP contribution >= 0.6 is 0 Å². The first-order valence-corrected chi connectivity index (χ1v) is 10.6. The summed E-state index contributed by atoms with van der Waals surface area (Å²) in [5, 5.41) is 5.02. The number of hydrogen-bond acceptors (Lipinski definition) is 6. The third-order valence-electron chi connectivity index (χ3n) is 4.75. The largest absolute Gasteiger partial charge is 0.468 e. The molecule has 0 aliphatic heterocycles. The molecule has 0 spiro atoms. The molecule has 9 nitrogen and oxygen atoms in total. The van der Waals surface area contributed by atoms with Crippen molar-refractivity contribution in [1.29, 1.82) is 0 Å². The van der Waals surface area contributed by atoms with Crippen LogP contribution in [0.4, 0.5) is 4.79 Å². The Balaban J connectivity index is 3.30. The molecule has 0 heterocycles. The number of ether oxygens (including phenoxy) is 2. The number of esters is 1. The summed E-state index contributed by atoms with van der Waals surface area (Å²) in [6, 6.07) is 3.36. The number of benzene rings is 1. The van der Waals surface area contributed by atoms with Crippen LogP contribution in [0.1, 0.15) is 50.4 Å². The minimum Gasteiger partial charge on any atom is -0.468 e. The van der Waals surface area contributed by atoms with Crippen LogP contribution in [0.2, 0.25) is 0 Å². The lowest BCUT2D eigenvalue weighted by Gasteiger charge is -2.33. The van der Waals surface area contributed by atoms with Gasteiger partial charge in [-0.05, 0) is 58.2 Å². The molecule has 2 N–H and O–H groups in total. The summed E-state index contributed by atoms with van der Waals surface area (Å²) in [7, 11) is 1.22. The van der Waals surface area contributed by atoms with Crippen molar-refractivity contribution in [2.45, 2.75) is 59.2 Å². The van der Waals surface area contributed by atoms with Crippen LogP contribution < -0.4 is 10.6 Å². The molecule has 0 saturated carbocycles. The summed E-state index contributed by atoms with van der Waals surface area (Å²) in [5.74, 6) is -1.70. The molecule has 0 aliphatic carbocycles. The highest BCUT2D eigenvalue weighted by atomic mass is 16.6. The third kappa shape index (κ3) is 8.59. The number of hydrogen-bond donors (Lipinski definition) is 2. The van der Waals surface area contributed by atoms with E-state index in [4.69, 9.17) is 4.74 Å². The second kappa shape index (κ2) is 12.0. The van der Waals surface area contributed by atoms with Crippen LogP contribution in [-0.4, -0.2) is 60.6 Å². The summed E-state index contributed by atoms with van der Waals surface area (Å²) in [6.45, 7) is 13.9. The van der Waals surface area contributed by atoms with Crippen LogP contribution in [0.3, 0.4) is 0 Å². The molecule has 0 saturated heterocycles. The molecule has 0 radical (unpaired) electrons. The van der Waals surface area contributed by atoms with E-state index in [1.807, 2.05) is 26.0 Å². The van der Waals surface area contributed by atoms with Crippen molar-refractivity contribution in [3.05, 3.63) is 47.5 Å². The fourth-order valence-corrected chi connectivity index (χ4v) is 2.99. The Morgan fingerprint density at radius 3 is 2.30 bits per heavy atom. The molecular formula is C24H35N3O6. The Hall–Kier alpha value is -3.36. The molecule has 1 rings (SSSR count). The van der Waals surface area contributed by atoms with Gasteiger partial charge in [0.15, 0.2) is 0 Å². The van der Waals surface area contributed by atoms with Gasteiger partial charge in [-0.1, -0.05) is 24.3 Å². The van der Waals surface area contributed by atoms with E-state index in [2.05, 4.69) is 21.9 Å². The zero-order valence-electron chi connectivity index (χ0n) is 20.5. The summed E-state index contributed by atoms with van der Waals surface area (Å²) >= 11 is 0. The summed E-state index contributed by atoms with van der Waals surface area (Å²) in [4.78, 5) is 51.5. The van der Waals surface area contributed by atoms with E-state index in [1.165, 1.54) is 25.0 Å². The zero-order valence-corrected chi connectivity index (χ0v) is 20.5. The molecule has 182 valence electrons. The Bertz CT molecular complexity index is 891. The zero-order chi connectivity index (χ0) is 25.3. The molecule has 0 fully saturated rings. The maximum Gasteiger partial charge on any atom is 0.408 e. The lowest BCUT2D eigenvalue weighted by Crippen LogP contribution is -2.52. The quantitative estimate of drug-likeness (QED) is 0.432. The lowest BCUT2D eigenvalue weighted by atomic mass is 9.98. The predicted molar refractivity (Wildman–Crippen MR) is 124 cm³/mol. The van der Waals surface area contributed by atoms with Gasteiger partial charge in [0, 0.05) is 6.54 Å². The number of alkyl carbamates (subject to hydrolysis) is 1. The predicted octanol–water partition coefficient (Wildman–Crippen LogP) is 2.56. The Kier molecular flexibility index (Phi) is 10.1. The van der Waals surface area contributed by atoms with Crippen LogP contribution in [0.5, 0.6) is 0 Å². The fourth-order valence-electron chi connectivity index (χ4n) is 2.99. The molecule has 0 bridgehead atoms. The normalized spacial score (nSPS) is 12.7. The highest BCUT2D eigenvalue weighted by Gasteiger charge is 2.34. The number of rotatable bonds is 9. The number of carbonyl (C=O) groups excluding carboxylic acids is 4. The number of aryl methyl sites for hydroxylation is 2. The number of nitrogens with zero attached hydrogens (tertiary/aromatic N) is 1. The molecule has 1 aromatic carbocycles. The number of nitrogens with one attached hydrogen (secondary N) is 2. The van der Waals surface area contributed by atoms with Crippen LogP contribution in [0.25, 0.3) is 0 Å². The van der Waals surface area contributed by atoms with Gasteiger partial charge < -0.3 is 25.0 Å². The van der Waals surface area contributed by atoms with Crippen molar-refractivity contribution in [3.8, 4) is 0 Å². The number of amides is 3. The van der Waals surface area contributed by atoms with Gasteiger partial charge in [-0.15, -0.1) is 6.58 Å². The maximum atomic E-state index is 13.3. The van der Waals surface area contributed by atoms with Crippen molar-refractivity contribution in [2.75, 3.05) is 20.2 Å². The Morgan fingerprint density at radius 1 is 1.15 bits per heavy atom. The average molecular weight is 462 g/mol. The Labute approximate surface area is 195 Å². The standard InChI is InChI=1S/C24H35N3O6/c1-9-12-27(22(30)17(4)26-23(31)33-24(5,6)7)20(21(29)25-14-19(28)32-8)18-11-10-15(2)16(3)13-18/h9-11,13,17,20H,1,12,14H2,2-8H3,(H,25,29)(H,26,31). The highest BCUT2D eigenvalue weighted by Crippen LogP contribution is 2.25. The summed E-state index contributed by atoms with van der Waals surface area (Å²) in [5.41, 5.74) is 1.78. The molecule has 1 aromatic rings. The topological polar surface area (TPSA) is 114 Å².